The number of nitrogens with zero attached hydrogens (tertiary/aromatic N) is 3. The first-order chi connectivity index (χ1) is 11.6. The largest absolute Gasteiger partial charge is 0.322 e. The first-order valence-electron chi connectivity index (χ1n) is 7.51. The minimum absolute atomic E-state index is 0.267. The number of fused-ring (bicyclic) bond motifs is 1. The van der Waals surface area contributed by atoms with E-state index in [4.69, 9.17) is 0 Å². The lowest BCUT2D eigenvalue weighted by Crippen LogP contribution is -2.35. The number of imidazole rings is 1. The normalized spacial score (nSPS) is 10.8. The van der Waals surface area contributed by atoms with Gasteiger partial charge in [0.05, 0.1) is 18.4 Å². The standard InChI is InChI=1S/C17H16F2N4O/c1-2-22(11-12-10-20-15-8-3-4-9-23(12)15)17(24)21-16-13(18)6-5-7-14(16)19/h3-10H,2,11H2,1H3,(H,21,24). The number of hydrogen-bond acceptors (Lipinski definition) is 2. The van der Waals surface area contributed by atoms with E-state index in [9.17, 15) is 13.6 Å². The number of para-hydroxylation sites is 1. The Kier molecular flexibility index (Phi) is 4.41. The van der Waals surface area contributed by atoms with Gasteiger partial charge in [0.1, 0.15) is 23.0 Å². The molecule has 2 heterocycles. The van der Waals surface area contributed by atoms with Gasteiger partial charge in [0.15, 0.2) is 0 Å². The molecule has 0 unspecified atom stereocenters. The fraction of sp³-hybridized carbons (Fsp3) is 0.176. The van der Waals surface area contributed by atoms with Gasteiger partial charge in [-0.1, -0.05) is 12.1 Å². The molecule has 1 N–H and O–H groups in total. The highest BCUT2D eigenvalue weighted by Gasteiger charge is 2.18. The van der Waals surface area contributed by atoms with Crippen molar-refractivity contribution >= 4 is 17.4 Å². The summed E-state index contributed by atoms with van der Waals surface area (Å²) in [5.41, 5.74) is 1.12. The van der Waals surface area contributed by atoms with Crippen LogP contribution in [0.1, 0.15) is 12.6 Å². The van der Waals surface area contributed by atoms with Crippen molar-refractivity contribution in [2.24, 2.45) is 0 Å². The van der Waals surface area contributed by atoms with Crippen LogP contribution in [0.2, 0.25) is 0 Å². The molecule has 5 nitrogen and oxygen atoms in total. The lowest BCUT2D eigenvalue weighted by molar-refractivity contribution is 0.211. The summed E-state index contributed by atoms with van der Waals surface area (Å²) in [7, 11) is 0. The zero-order valence-corrected chi connectivity index (χ0v) is 13.0. The van der Waals surface area contributed by atoms with E-state index in [0.29, 0.717) is 6.54 Å². The number of pyridine rings is 1. The van der Waals surface area contributed by atoms with E-state index < -0.39 is 23.4 Å². The van der Waals surface area contributed by atoms with Gasteiger partial charge < -0.3 is 14.6 Å². The Labute approximate surface area is 137 Å². The monoisotopic (exact) mass is 330 g/mol. The molecule has 0 fully saturated rings. The zero-order chi connectivity index (χ0) is 17.1. The molecule has 0 aliphatic carbocycles. The number of rotatable bonds is 4. The van der Waals surface area contributed by atoms with Gasteiger partial charge in [-0.2, -0.15) is 0 Å². The van der Waals surface area contributed by atoms with Gasteiger partial charge in [-0.25, -0.2) is 18.6 Å². The number of anilines is 1. The highest BCUT2D eigenvalue weighted by atomic mass is 19.1. The second kappa shape index (κ2) is 6.66. The van der Waals surface area contributed by atoms with Gasteiger partial charge in [-0.3, -0.25) is 0 Å². The number of carbonyl (C=O) groups excluding carboxylic acids is 1. The summed E-state index contributed by atoms with van der Waals surface area (Å²) in [4.78, 5) is 18.1. The van der Waals surface area contributed by atoms with Gasteiger partial charge in [-0.15, -0.1) is 0 Å². The molecule has 0 aliphatic heterocycles. The predicted molar refractivity (Wildman–Crippen MR) is 86.7 cm³/mol. The van der Waals surface area contributed by atoms with Crippen LogP contribution in [0, 0.1) is 11.6 Å². The van der Waals surface area contributed by atoms with Crippen molar-refractivity contribution in [2.75, 3.05) is 11.9 Å². The quantitative estimate of drug-likeness (QED) is 0.793. The van der Waals surface area contributed by atoms with E-state index in [2.05, 4.69) is 10.3 Å². The van der Waals surface area contributed by atoms with Gasteiger partial charge >= 0.3 is 6.03 Å². The number of benzene rings is 1. The molecule has 2 amide bonds. The lowest BCUT2D eigenvalue weighted by Gasteiger charge is -2.21. The van der Waals surface area contributed by atoms with Gasteiger partial charge in [0, 0.05) is 12.7 Å². The molecule has 0 radical (unpaired) electrons. The molecule has 3 rings (SSSR count). The van der Waals surface area contributed by atoms with Crippen LogP contribution in [-0.4, -0.2) is 26.9 Å². The fourth-order valence-corrected chi connectivity index (χ4v) is 2.43. The summed E-state index contributed by atoms with van der Waals surface area (Å²) >= 11 is 0. The summed E-state index contributed by atoms with van der Waals surface area (Å²) in [6.45, 7) is 2.44. The van der Waals surface area contributed by atoms with Crippen LogP contribution in [0.4, 0.5) is 19.3 Å². The van der Waals surface area contributed by atoms with Crippen molar-refractivity contribution in [2.45, 2.75) is 13.5 Å². The van der Waals surface area contributed by atoms with Crippen LogP contribution in [0.15, 0.2) is 48.8 Å². The van der Waals surface area contributed by atoms with E-state index in [1.165, 1.54) is 11.0 Å². The summed E-state index contributed by atoms with van der Waals surface area (Å²) < 4.78 is 29.2. The minimum atomic E-state index is -0.811. The third kappa shape index (κ3) is 3.05. The van der Waals surface area contributed by atoms with E-state index in [1.807, 2.05) is 28.8 Å². The Hall–Kier alpha value is -2.96. The molecule has 0 saturated carbocycles. The maximum atomic E-state index is 13.7. The second-order valence-electron chi connectivity index (χ2n) is 5.22. The summed E-state index contributed by atoms with van der Waals surface area (Å²) in [5, 5.41) is 2.30. The third-order valence-corrected chi connectivity index (χ3v) is 3.71. The number of amides is 2. The number of hydrogen-bond donors (Lipinski definition) is 1. The maximum Gasteiger partial charge on any atom is 0.322 e. The van der Waals surface area contributed by atoms with E-state index in [1.54, 1.807) is 13.1 Å². The predicted octanol–water partition coefficient (Wildman–Crippen LogP) is 3.67. The number of halogens is 2. The smallest absolute Gasteiger partial charge is 0.319 e. The second-order valence-corrected chi connectivity index (χ2v) is 5.22. The number of urea groups is 1. The van der Waals surface area contributed by atoms with Crippen LogP contribution >= 0.6 is 0 Å². The van der Waals surface area contributed by atoms with Crippen molar-refractivity contribution in [3.05, 3.63) is 66.1 Å². The molecule has 1 aromatic carbocycles. The molecule has 124 valence electrons. The molecule has 0 aliphatic rings. The van der Waals surface area contributed by atoms with E-state index in [0.717, 1.165) is 23.5 Å². The topological polar surface area (TPSA) is 49.6 Å². The SMILES string of the molecule is CCN(Cc1cnc2ccccn12)C(=O)Nc1c(F)cccc1F. The van der Waals surface area contributed by atoms with Crippen LogP contribution in [0.3, 0.4) is 0 Å². The highest BCUT2D eigenvalue weighted by Crippen LogP contribution is 2.19. The summed E-state index contributed by atoms with van der Waals surface area (Å²) in [5.74, 6) is -1.62. The molecule has 0 atom stereocenters. The lowest BCUT2D eigenvalue weighted by atomic mass is 10.3. The number of aromatic nitrogens is 2. The van der Waals surface area contributed by atoms with Crippen molar-refractivity contribution in [1.29, 1.82) is 0 Å². The molecule has 7 heteroatoms. The molecule has 0 spiro atoms. The Balaban J connectivity index is 1.80. The maximum absolute atomic E-state index is 13.7. The Morgan fingerprint density at radius 3 is 2.67 bits per heavy atom. The Morgan fingerprint density at radius 2 is 1.96 bits per heavy atom. The van der Waals surface area contributed by atoms with Crippen molar-refractivity contribution in [1.82, 2.24) is 14.3 Å². The minimum Gasteiger partial charge on any atom is -0.319 e. The average molecular weight is 330 g/mol. The molecule has 0 saturated heterocycles. The van der Waals surface area contributed by atoms with Crippen LogP contribution in [0.5, 0.6) is 0 Å². The Morgan fingerprint density at radius 1 is 1.21 bits per heavy atom. The first kappa shape index (κ1) is 15.9. The molecule has 2 aromatic heterocycles. The third-order valence-electron chi connectivity index (χ3n) is 3.71. The first-order valence-corrected chi connectivity index (χ1v) is 7.51. The molecule has 3 aromatic rings. The van der Waals surface area contributed by atoms with Crippen LogP contribution in [0.25, 0.3) is 5.65 Å². The van der Waals surface area contributed by atoms with Crippen molar-refractivity contribution < 1.29 is 13.6 Å². The van der Waals surface area contributed by atoms with Crippen LogP contribution < -0.4 is 5.32 Å². The number of carbonyl (C=O) groups is 1. The number of nitrogens with one attached hydrogen (secondary N) is 1. The van der Waals surface area contributed by atoms with Crippen molar-refractivity contribution in [3.8, 4) is 0 Å². The van der Waals surface area contributed by atoms with E-state index >= 15 is 0 Å². The highest BCUT2D eigenvalue weighted by molar-refractivity contribution is 5.89. The summed E-state index contributed by atoms with van der Waals surface area (Å²) in [6.07, 6.45) is 3.52. The summed E-state index contributed by atoms with van der Waals surface area (Å²) in [6, 6.07) is 8.46. The fourth-order valence-electron chi connectivity index (χ4n) is 2.43. The molecule has 0 bridgehead atoms. The van der Waals surface area contributed by atoms with E-state index in [-0.39, 0.29) is 6.54 Å². The van der Waals surface area contributed by atoms with Gasteiger partial charge in [0.2, 0.25) is 0 Å². The van der Waals surface area contributed by atoms with Gasteiger partial charge in [-0.05, 0) is 31.2 Å². The molecule has 24 heavy (non-hydrogen) atoms. The molecular weight excluding hydrogens is 314 g/mol. The van der Waals surface area contributed by atoms with Crippen molar-refractivity contribution in [3.63, 3.8) is 0 Å². The van der Waals surface area contributed by atoms with Gasteiger partial charge in [0.25, 0.3) is 0 Å². The molecular formula is C17H16F2N4O. The Bertz CT molecular complexity index is 858. The average Bonchev–Trinajstić information content (AvgIpc) is 2.99. The van der Waals surface area contributed by atoms with Crippen LogP contribution in [-0.2, 0) is 6.54 Å². The zero-order valence-electron chi connectivity index (χ0n) is 13.0.